The molecule has 280 valence electrons. The Morgan fingerprint density at radius 2 is 0.950 bits per heavy atom. The fourth-order valence-electron chi connectivity index (χ4n) is 8.63. The molecule has 4 heterocycles. The van der Waals surface area contributed by atoms with Crippen molar-refractivity contribution in [3.63, 3.8) is 0 Å². The van der Waals surface area contributed by atoms with Gasteiger partial charge in [-0.2, -0.15) is 0 Å². The monoisotopic (exact) mass is 767 g/mol. The molecule has 12 aromatic rings. The predicted octanol–water partition coefficient (Wildman–Crippen LogP) is 14.8. The summed E-state index contributed by atoms with van der Waals surface area (Å²) in [4.78, 5) is 14.9. The van der Waals surface area contributed by atoms with Gasteiger partial charge in [-0.15, -0.1) is 0 Å². The van der Waals surface area contributed by atoms with Crippen LogP contribution in [0, 0.1) is 0 Å². The maximum Gasteiger partial charge on any atom is 0.160 e. The summed E-state index contributed by atoms with van der Waals surface area (Å²) in [7, 11) is 0. The second kappa shape index (κ2) is 13.8. The van der Waals surface area contributed by atoms with E-state index in [-0.39, 0.29) is 0 Å². The number of rotatable bonds is 6. The van der Waals surface area contributed by atoms with Crippen LogP contribution in [0.5, 0.6) is 0 Å². The highest BCUT2D eigenvalue weighted by Gasteiger charge is 2.19. The number of nitrogens with zero attached hydrogens (tertiary/aromatic N) is 3. The van der Waals surface area contributed by atoms with Crippen LogP contribution in [-0.2, 0) is 0 Å². The molecule has 0 unspecified atom stereocenters. The van der Waals surface area contributed by atoms with Crippen LogP contribution in [0.1, 0.15) is 0 Å². The van der Waals surface area contributed by atoms with Gasteiger partial charge in [-0.05, 0) is 64.7 Å². The zero-order chi connectivity index (χ0) is 39.6. The molecule has 12 rings (SSSR count). The number of pyridine rings is 1. The van der Waals surface area contributed by atoms with E-state index in [1.807, 2.05) is 54.7 Å². The number of para-hydroxylation sites is 3. The highest BCUT2D eigenvalue weighted by Crippen LogP contribution is 2.43. The van der Waals surface area contributed by atoms with Gasteiger partial charge in [0.25, 0.3) is 0 Å². The van der Waals surface area contributed by atoms with Crippen molar-refractivity contribution in [3.8, 4) is 67.3 Å². The van der Waals surface area contributed by atoms with E-state index in [1.165, 1.54) is 0 Å². The summed E-state index contributed by atoms with van der Waals surface area (Å²) < 4.78 is 12.9. The summed E-state index contributed by atoms with van der Waals surface area (Å²) in [6, 6.07) is 67.2. The zero-order valence-electron chi connectivity index (χ0n) is 32.2. The average Bonchev–Trinajstić information content (AvgIpc) is 3.90. The van der Waals surface area contributed by atoms with E-state index >= 15 is 0 Å². The van der Waals surface area contributed by atoms with Crippen molar-refractivity contribution in [2.75, 3.05) is 0 Å². The van der Waals surface area contributed by atoms with E-state index in [0.29, 0.717) is 5.82 Å². The lowest BCUT2D eigenvalue weighted by Gasteiger charge is -2.12. The third-order valence-corrected chi connectivity index (χ3v) is 11.6. The van der Waals surface area contributed by atoms with E-state index in [9.17, 15) is 0 Å². The van der Waals surface area contributed by atoms with Crippen LogP contribution in [0.25, 0.3) is 122 Å². The van der Waals surface area contributed by atoms with Crippen molar-refractivity contribution in [2.24, 2.45) is 0 Å². The van der Waals surface area contributed by atoms with Gasteiger partial charge < -0.3 is 8.83 Å². The second-order valence-corrected chi connectivity index (χ2v) is 15.1. The van der Waals surface area contributed by atoms with E-state index < -0.39 is 0 Å². The first-order valence-electron chi connectivity index (χ1n) is 20.1. The molecule has 0 bridgehead atoms. The van der Waals surface area contributed by atoms with Gasteiger partial charge >= 0.3 is 0 Å². The molecule has 0 atom stereocenters. The first kappa shape index (κ1) is 33.9. The van der Waals surface area contributed by atoms with Crippen LogP contribution in [0.3, 0.4) is 0 Å². The lowest BCUT2D eigenvalue weighted by Crippen LogP contribution is -1.96. The zero-order valence-corrected chi connectivity index (χ0v) is 32.2. The maximum absolute atomic E-state index is 6.70. The van der Waals surface area contributed by atoms with E-state index in [4.69, 9.17) is 18.8 Å². The van der Waals surface area contributed by atoms with Crippen LogP contribution >= 0.6 is 0 Å². The maximum atomic E-state index is 6.70. The van der Waals surface area contributed by atoms with Gasteiger partial charge in [0.05, 0.1) is 16.9 Å². The molecular formula is C55H33N3O2. The van der Waals surface area contributed by atoms with Gasteiger partial charge in [0.1, 0.15) is 22.3 Å². The molecule has 60 heavy (non-hydrogen) atoms. The lowest BCUT2D eigenvalue weighted by atomic mass is 9.93. The van der Waals surface area contributed by atoms with Gasteiger partial charge in [-0.1, -0.05) is 152 Å². The van der Waals surface area contributed by atoms with E-state index in [1.54, 1.807) is 0 Å². The molecule has 0 aliphatic carbocycles. The highest BCUT2D eigenvalue weighted by atomic mass is 16.3. The van der Waals surface area contributed by atoms with Crippen molar-refractivity contribution in [2.45, 2.75) is 0 Å². The molecule has 0 aliphatic heterocycles. The number of furan rings is 2. The second-order valence-electron chi connectivity index (χ2n) is 15.1. The average molecular weight is 768 g/mol. The molecule has 8 aromatic carbocycles. The first-order valence-corrected chi connectivity index (χ1v) is 20.1. The Balaban J connectivity index is 0.941. The largest absolute Gasteiger partial charge is 0.456 e. The molecule has 5 heteroatoms. The molecule has 0 N–H and O–H groups in total. The third-order valence-electron chi connectivity index (χ3n) is 11.6. The van der Waals surface area contributed by atoms with Crippen molar-refractivity contribution in [1.29, 1.82) is 0 Å². The lowest BCUT2D eigenvalue weighted by molar-refractivity contribution is 0.669. The first-order chi connectivity index (χ1) is 29.7. The Morgan fingerprint density at radius 3 is 1.75 bits per heavy atom. The van der Waals surface area contributed by atoms with Gasteiger partial charge in [0, 0.05) is 60.9 Å². The van der Waals surface area contributed by atoms with Crippen LogP contribution in [0.2, 0.25) is 0 Å². The molecule has 4 aromatic heterocycles. The number of hydrogen-bond acceptors (Lipinski definition) is 5. The summed E-state index contributed by atoms with van der Waals surface area (Å²) in [5.74, 6) is 0.666. The fraction of sp³-hybridized carbons (Fsp3) is 0. The molecule has 5 nitrogen and oxygen atoms in total. The van der Waals surface area contributed by atoms with Gasteiger partial charge in [0.2, 0.25) is 0 Å². The fourth-order valence-corrected chi connectivity index (χ4v) is 8.63. The molecule has 0 amide bonds. The van der Waals surface area contributed by atoms with Gasteiger partial charge in [-0.3, -0.25) is 4.98 Å². The number of hydrogen-bond donors (Lipinski definition) is 0. The van der Waals surface area contributed by atoms with Gasteiger partial charge in [0.15, 0.2) is 5.82 Å². The quantitative estimate of drug-likeness (QED) is 0.169. The number of benzene rings is 8. The molecule has 0 spiro atoms. The summed E-state index contributed by atoms with van der Waals surface area (Å²) in [5.41, 5.74) is 15.7. The van der Waals surface area contributed by atoms with Crippen LogP contribution < -0.4 is 0 Å². The summed E-state index contributed by atoms with van der Waals surface area (Å²) in [6.45, 7) is 0. The molecule has 0 saturated heterocycles. The molecule has 0 aliphatic rings. The SMILES string of the molecule is c1ccc(-c2cc(-c3ccc(-c4ccc(-c5ccc6oc7ccccc7c6c5)c5c4oc4ccccc45)cc3)nc(-c3ccc(-c4cccc5cccnc45)cc3)n2)cc1. The normalized spacial score (nSPS) is 11.7. The number of aromatic nitrogens is 3. The van der Waals surface area contributed by atoms with E-state index in [2.05, 4.69) is 151 Å². The van der Waals surface area contributed by atoms with Crippen molar-refractivity contribution >= 4 is 54.8 Å². The van der Waals surface area contributed by atoms with Crippen LogP contribution in [0.4, 0.5) is 0 Å². The number of fused-ring (bicyclic) bond motifs is 7. The minimum Gasteiger partial charge on any atom is -0.456 e. The summed E-state index contributed by atoms with van der Waals surface area (Å²) >= 11 is 0. The Labute approximate surface area is 344 Å². The standard InChI is InChI=1S/C55H33N3O2/c1-2-10-36(11-3-1)47-33-48(58-55(57-47)39-25-21-34(22-26-39)42-16-8-12-38-13-9-31-56-53(38)42)37-23-19-35(20-24-37)43-29-28-41(52-45-15-5-7-18-50(45)60-54(43)52)40-27-30-51-46(32-40)44-14-4-6-17-49(44)59-51/h1-33H. The third kappa shape index (κ3) is 5.67. The summed E-state index contributed by atoms with van der Waals surface area (Å²) in [5, 5.41) is 5.50. The molecule has 0 fully saturated rings. The summed E-state index contributed by atoms with van der Waals surface area (Å²) in [6.07, 6.45) is 1.85. The smallest absolute Gasteiger partial charge is 0.160 e. The molecule has 0 saturated carbocycles. The topological polar surface area (TPSA) is 65.0 Å². The van der Waals surface area contributed by atoms with Gasteiger partial charge in [-0.25, -0.2) is 9.97 Å². The van der Waals surface area contributed by atoms with Crippen molar-refractivity contribution in [1.82, 2.24) is 15.0 Å². The van der Waals surface area contributed by atoms with Crippen LogP contribution in [-0.4, -0.2) is 15.0 Å². The molecular weight excluding hydrogens is 735 g/mol. The Morgan fingerprint density at radius 1 is 0.350 bits per heavy atom. The Bertz CT molecular complexity index is 3580. The minimum absolute atomic E-state index is 0.666. The Kier molecular flexibility index (Phi) is 7.78. The van der Waals surface area contributed by atoms with Crippen LogP contribution in [0.15, 0.2) is 209 Å². The predicted molar refractivity (Wildman–Crippen MR) is 245 cm³/mol. The van der Waals surface area contributed by atoms with Crippen molar-refractivity contribution < 1.29 is 8.83 Å². The highest BCUT2D eigenvalue weighted by molar-refractivity contribution is 6.17. The van der Waals surface area contributed by atoms with E-state index in [0.717, 1.165) is 116 Å². The van der Waals surface area contributed by atoms with Crippen molar-refractivity contribution in [3.05, 3.63) is 200 Å². The Hall–Kier alpha value is -8.15. The molecule has 0 radical (unpaired) electrons. The minimum atomic E-state index is 0.666.